The number of hydrogen-bond acceptors (Lipinski definition) is 1. The van der Waals surface area contributed by atoms with Crippen molar-refractivity contribution in [2.75, 3.05) is 5.32 Å². The summed E-state index contributed by atoms with van der Waals surface area (Å²) in [6.45, 7) is 1.91. The standard InChI is InChI=1S/C9H8BrNO/c1-5-8-6(10)3-2-4-7(8)11-9(5)12/h2-5H,1H3,(H,11,12). The van der Waals surface area contributed by atoms with Crippen LogP contribution in [0, 0.1) is 0 Å². The third-order valence-corrected chi connectivity index (χ3v) is 2.83. The summed E-state index contributed by atoms with van der Waals surface area (Å²) in [6, 6.07) is 5.79. The average molecular weight is 226 g/mol. The van der Waals surface area contributed by atoms with Crippen LogP contribution in [0.2, 0.25) is 0 Å². The Hall–Kier alpha value is -0.830. The molecular formula is C9H8BrNO. The number of hydrogen-bond donors (Lipinski definition) is 1. The van der Waals surface area contributed by atoms with Crippen LogP contribution in [0.3, 0.4) is 0 Å². The Balaban J connectivity index is 2.62. The van der Waals surface area contributed by atoms with Crippen LogP contribution in [0.5, 0.6) is 0 Å². The molecule has 0 saturated heterocycles. The van der Waals surface area contributed by atoms with Gasteiger partial charge in [0.05, 0.1) is 5.92 Å². The zero-order valence-corrected chi connectivity index (χ0v) is 8.18. The molecule has 1 aliphatic rings. The van der Waals surface area contributed by atoms with E-state index in [4.69, 9.17) is 0 Å². The Morgan fingerprint density at radius 2 is 2.25 bits per heavy atom. The molecule has 2 nitrogen and oxygen atoms in total. The van der Waals surface area contributed by atoms with E-state index in [1.165, 1.54) is 0 Å². The molecule has 0 bridgehead atoms. The van der Waals surface area contributed by atoms with Gasteiger partial charge in [-0.2, -0.15) is 0 Å². The highest BCUT2D eigenvalue weighted by molar-refractivity contribution is 9.10. The lowest BCUT2D eigenvalue weighted by Gasteiger charge is -2.02. The van der Waals surface area contributed by atoms with E-state index in [9.17, 15) is 4.79 Å². The summed E-state index contributed by atoms with van der Waals surface area (Å²) in [5.74, 6) is 0.0486. The SMILES string of the molecule is CC1C(=O)Nc2cccc(Br)c21. The van der Waals surface area contributed by atoms with Gasteiger partial charge in [-0.25, -0.2) is 0 Å². The van der Waals surface area contributed by atoms with Gasteiger partial charge in [0.15, 0.2) is 0 Å². The summed E-state index contributed by atoms with van der Waals surface area (Å²) >= 11 is 3.42. The lowest BCUT2D eigenvalue weighted by molar-refractivity contribution is -0.116. The van der Waals surface area contributed by atoms with Crippen LogP contribution >= 0.6 is 15.9 Å². The number of nitrogens with one attached hydrogen (secondary N) is 1. The molecule has 1 aliphatic heterocycles. The second-order valence-corrected chi connectivity index (χ2v) is 3.77. The van der Waals surface area contributed by atoms with E-state index in [1.807, 2.05) is 25.1 Å². The first-order valence-electron chi connectivity index (χ1n) is 3.79. The Bertz CT molecular complexity index is 348. The molecule has 62 valence electrons. The first-order chi connectivity index (χ1) is 5.70. The van der Waals surface area contributed by atoms with E-state index in [0.717, 1.165) is 15.7 Å². The van der Waals surface area contributed by atoms with E-state index in [1.54, 1.807) is 0 Å². The zero-order chi connectivity index (χ0) is 8.72. The Morgan fingerprint density at radius 1 is 1.50 bits per heavy atom. The molecule has 1 amide bonds. The van der Waals surface area contributed by atoms with Crippen molar-refractivity contribution in [3.05, 3.63) is 28.2 Å². The highest BCUT2D eigenvalue weighted by Gasteiger charge is 2.27. The third kappa shape index (κ3) is 0.966. The van der Waals surface area contributed by atoms with Crippen molar-refractivity contribution in [1.82, 2.24) is 0 Å². The van der Waals surface area contributed by atoms with E-state index >= 15 is 0 Å². The molecule has 1 heterocycles. The highest BCUT2D eigenvalue weighted by Crippen LogP contribution is 2.37. The molecular weight excluding hydrogens is 218 g/mol. The number of anilines is 1. The zero-order valence-electron chi connectivity index (χ0n) is 6.60. The van der Waals surface area contributed by atoms with Crippen LogP contribution in [0.15, 0.2) is 22.7 Å². The van der Waals surface area contributed by atoms with Gasteiger partial charge in [0.2, 0.25) is 5.91 Å². The lowest BCUT2D eigenvalue weighted by atomic mass is 10.0. The topological polar surface area (TPSA) is 29.1 Å². The maximum Gasteiger partial charge on any atom is 0.231 e. The van der Waals surface area contributed by atoms with Gasteiger partial charge in [-0.3, -0.25) is 4.79 Å². The van der Waals surface area contributed by atoms with Crippen molar-refractivity contribution in [3.63, 3.8) is 0 Å². The van der Waals surface area contributed by atoms with Gasteiger partial charge in [0.25, 0.3) is 0 Å². The maximum atomic E-state index is 11.3. The smallest absolute Gasteiger partial charge is 0.231 e. The summed E-state index contributed by atoms with van der Waals surface area (Å²) in [4.78, 5) is 11.3. The number of benzene rings is 1. The van der Waals surface area contributed by atoms with Gasteiger partial charge < -0.3 is 5.32 Å². The Kier molecular flexibility index (Phi) is 1.68. The quantitative estimate of drug-likeness (QED) is 0.723. The van der Waals surface area contributed by atoms with E-state index in [-0.39, 0.29) is 11.8 Å². The van der Waals surface area contributed by atoms with E-state index in [2.05, 4.69) is 21.2 Å². The van der Waals surface area contributed by atoms with Crippen LogP contribution < -0.4 is 5.32 Å². The molecule has 0 aromatic heterocycles. The molecule has 2 rings (SSSR count). The van der Waals surface area contributed by atoms with E-state index in [0.29, 0.717) is 0 Å². The van der Waals surface area contributed by atoms with Gasteiger partial charge in [-0.05, 0) is 19.1 Å². The summed E-state index contributed by atoms with van der Waals surface area (Å²) in [5.41, 5.74) is 2.00. The Morgan fingerprint density at radius 3 is 2.92 bits per heavy atom. The second kappa shape index (κ2) is 2.59. The van der Waals surface area contributed by atoms with Gasteiger partial charge in [-0.15, -0.1) is 0 Å². The summed E-state index contributed by atoms with van der Waals surface area (Å²) in [7, 11) is 0. The summed E-state index contributed by atoms with van der Waals surface area (Å²) < 4.78 is 1.01. The van der Waals surface area contributed by atoms with Crippen molar-refractivity contribution in [2.45, 2.75) is 12.8 Å². The molecule has 0 saturated carbocycles. The van der Waals surface area contributed by atoms with Crippen molar-refractivity contribution in [3.8, 4) is 0 Å². The predicted octanol–water partition coefficient (Wildman–Crippen LogP) is 2.50. The normalized spacial score (nSPS) is 20.5. The average Bonchev–Trinajstić information content (AvgIpc) is 2.29. The van der Waals surface area contributed by atoms with Gasteiger partial charge in [0, 0.05) is 15.7 Å². The number of rotatable bonds is 0. The van der Waals surface area contributed by atoms with Crippen LogP contribution in [0.4, 0.5) is 5.69 Å². The van der Waals surface area contributed by atoms with E-state index < -0.39 is 0 Å². The minimum atomic E-state index is -0.0319. The molecule has 0 aliphatic carbocycles. The van der Waals surface area contributed by atoms with Crippen molar-refractivity contribution >= 4 is 27.5 Å². The molecule has 1 atom stereocenters. The molecule has 0 radical (unpaired) electrons. The molecule has 1 unspecified atom stereocenters. The van der Waals surface area contributed by atoms with Crippen LogP contribution in [0.25, 0.3) is 0 Å². The minimum Gasteiger partial charge on any atom is -0.325 e. The second-order valence-electron chi connectivity index (χ2n) is 2.91. The number of amides is 1. The fourth-order valence-electron chi connectivity index (χ4n) is 1.46. The molecule has 0 fully saturated rings. The Labute approximate surface area is 79.1 Å². The molecule has 1 N–H and O–H groups in total. The molecule has 1 aromatic carbocycles. The van der Waals surface area contributed by atoms with Crippen molar-refractivity contribution in [2.24, 2.45) is 0 Å². The lowest BCUT2D eigenvalue weighted by Crippen LogP contribution is -2.08. The van der Waals surface area contributed by atoms with Gasteiger partial charge in [-0.1, -0.05) is 22.0 Å². The fourth-order valence-corrected chi connectivity index (χ4v) is 2.17. The fraction of sp³-hybridized carbons (Fsp3) is 0.222. The minimum absolute atomic E-state index is 0.0319. The highest BCUT2D eigenvalue weighted by atomic mass is 79.9. The maximum absolute atomic E-state index is 11.3. The van der Waals surface area contributed by atoms with Crippen molar-refractivity contribution < 1.29 is 4.79 Å². The van der Waals surface area contributed by atoms with Crippen LogP contribution in [-0.4, -0.2) is 5.91 Å². The number of carbonyl (C=O) groups is 1. The van der Waals surface area contributed by atoms with Gasteiger partial charge in [0.1, 0.15) is 0 Å². The summed E-state index contributed by atoms with van der Waals surface area (Å²) in [6.07, 6.45) is 0. The third-order valence-electron chi connectivity index (χ3n) is 2.14. The largest absolute Gasteiger partial charge is 0.325 e. The number of fused-ring (bicyclic) bond motifs is 1. The predicted molar refractivity (Wildman–Crippen MR) is 51.2 cm³/mol. The molecule has 3 heteroatoms. The summed E-state index contributed by atoms with van der Waals surface area (Å²) in [5, 5.41) is 2.82. The first kappa shape index (κ1) is 7.80. The van der Waals surface area contributed by atoms with Crippen molar-refractivity contribution in [1.29, 1.82) is 0 Å². The van der Waals surface area contributed by atoms with Gasteiger partial charge >= 0.3 is 0 Å². The van der Waals surface area contributed by atoms with Crippen LogP contribution in [0.1, 0.15) is 18.4 Å². The molecule has 0 spiro atoms. The number of carbonyl (C=O) groups excluding carboxylic acids is 1. The number of halogens is 1. The molecule has 12 heavy (non-hydrogen) atoms. The van der Waals surface area contributed by atoms with Crippen LogP contribution in [-0.2, 0) is 4.79 Å². The first-order valence-corrected chi connectivity index (χ1v) is 4.58. The molecule has 1 aromatic rings. The monoisotopic (exact) mass is 225 g/mol.